The number of thiophene rings is 1. The fourth-order valence-corrected chi connectivity index (χ4v) is 3.82. The van der Waals surface area contributed by atoms with E-state index in [0.29, 0.717) is 17.2 Å². The van der Waals surface area contributed by atoms with Gasteiger partial charge in [0, 0.05) is 21.7 Å². The van der Waals surface area contributed by atoms with E-state index in [-0.39, 0.29) is 11.7 Å². The van der Waals surface area contributed by atoms with Gasteiger partial charge in [-0.3, -0.25) is 4.79 Å². The van der Waals surface area contributed by atoms with Crippen molar-refractivity contribution in [2.75, 3.05) is 5.32 Å². The van der Waals surface area contributed by atoms with Crippen LogP contribution in [0.15, 0.2) is 48.5 Å². The predicted molar refractivity (Wildman–Crippen MR) is 93.2 cm³/mol. The summed E-state index contributed by atoms with van der Waals surface area (Å²) >= 11 is 1.43. The Hall–Kier alpha value is -2.66. The van der Waals surface area contributed by atoms with E-state index in [1.807, 2.05) is 37.3 Å². The summed E-state index contributed by atoms with van der Waals surface area (Å²) in [6.07, 6.45) is 0. The van der Waals surface area contributed by atoms with Gasteiger partial charge in [0.1, 0.15) is 18.2 Å². The largest absolute Gasteiger partial charge is 0.488 e. The minimum atomic E-state index is -0.372. The van der Waals surface area contributed by atoms with Gasteiger partial charge in [-0.05, 0) is 42.8 Å². The number of rotatable bonds is 2. The summed E-state index contributed by atoms with van der Waals surface area (Å²) in [6, 6.07) is 14.0. The van der Waals surface area contributed by atoms with Gasteiger partial charge in [0.15, 0.2) is 0 Å². The number of hydrogen-bond donors (Lipinski definition) is 1. The number of para-hydroxylation sites is 1. The molecule has 0 saturated carbocycles. The number of benzene rings is 2. The minimum absolute atomic E-state index is 0.236. The van der Waals surface area contributed by atoms with E-state index in [1.54, 1.807) is 6.07 Å². The van der Waals surface area contributed by atoms with Gasteiger partial charge in [0.05, 0.1) is 4.88 Å². The Morgan fingerprint density at radius 3 is 2.92 bits per heavy atom. The van der Waals surface area contributed by atoms with Crippen LogP contribution >= 0.6 is 11.3 Å². The van der Waals surface area contributed by atoms with Gasteiger partial charge in [0.25, 0.3) is 5.91 Å². The molecule has 0 saturated heterocycles. The highest BCUT2D eigenvalue weighted by Crippen LogP contribution is 2.42. The fourth-order valence-electron chi connectivity index (χ4n) is 2.72. The summed E-state index contributed by atoms with van der Waals surface area (Å²) in [7, 11) is 0. The Kier molecular flexibility index (Phi) is 3.58. The molecule has 1 amide bonds. The lowest BCUT2D eigenvalue weighted by atomic mass is 10.1. The molecule has 120 valence electrons. The second-order valence-electron chi connectivity index (χ2n) is 5.66. The number of carbonyl (C=O) groups is 1. The first-order valence-corrected chi connectivity index (χ1v) is 8.36. The summed E-state index contributed by atoms with van der Waals surface area (Å²) in [5, 5.41) is 2.79. The molecule has 3 nitrogen and oxygen atoms in total. The van der Waals surface area contributed by atoms with Crippen molar-refractivity contribution in [1.82, 2.24) is 0 Å². The van der Waals surface area contributed by atoms with Gasteiger partial charge in [-0.2, -0.15) is 0 Å². The van der Waals surface area contributed by atoms with Crippen molar-refractivity contribution in [2.24, 2.45) is 0 Å². The van der Waals surface area contributed by atoms with Crippen LogP contribution in [0.3, 0.4) is 0 Å². The molecule has 0 atom stereocenters. The lowest BCUT2D eigenvalue weighted by Gasteiger charge is -2.16. The van der Waals surface area contributed by atoms with Crippen molar-refractivity contribution in [3.05, 3.63) is 70.4 Å². The van der Waals surface area contributed by atoms with Crippen LogP contribution < -0.4 is 10.1 Å². The van der Waals surface area contributed by atoms with E-state index in [1.165, 1.54) is 23.5 Å². The zero-order valence-corrected chi connectivity index (χ0v) is 13.7. The number of hydrogen-bond acceptors (Lipinski definition) is 3. The lowest BCUT2D eigenvalue weighted by molar-refractivity contribution is 0.103. The van der Waals surface area contributed by atoms with Crippen LogP contribution in [0.1, 0.15) is 20.8 Å². The monoisotopic (exact) mass is 339 g/mol. The molecule has 4 rings (SSSR count). The molecule has 1 N–H and O–H groups in total. The standard InChI is InChI=1S/C19H14FNO2S/c1-11-6-7-13(20)9-15(11)21-19(22)17-8-12-10-23-16-5-3-2-4-14(16)18(12)24-17/h2-9H,10H2,1H3,(H,21,22). The molecule has 1 aromatic heterocycles. The first-order chi connectivity index (χ1) is 11.6. The van der Waals surface area contributed by atoms with E-state index < -0.39 is 0 Å². The number of aryl methyl sites for hydroxylation is 1. The molecule has 3 aromatic rings. The SMILES string of the molecule is Cc1ccc(F)cc1NC(=O)c1cc2c(s1)-c1ccccc1OC2. The van der Waals surface area contributed by atoms with E-state index in [0.717, 1.165) is 27.3 Å². The first-order valence-electron chi connectivity index (χ1n) is 7.54. The molecule has 0 radical (unpaired) electrons. The maximum Gasteiger partial charge on any atom is 0.265 e. The van der Waals surface area contributed by atoms with E-state index in [9.17, 15) is 9.18 Å². The van der Waals surface area contributed by atoms with Gasteiger partial charge in [-0.1, -0.05) is 18.2 Å². The Balaban J connectivity index is 1.66. The van der Waals surface area contributed by atoms with Gasteiger partial charge < -0.3 is 10.1 Å². The Labute approximate surface area is 142 Å². The molecule has 1 aliphatic heterocycles. The van der Waals surface area contributed by atoms with Crippen LogP contribution in [-0.4, -0.2) is 5.91 Å². The van der Waals surface area contributed by atoms with Crippen molar-refractivity contribution in [2.45, 2.75) is 13.5 Å². The fraction of sp³-hybridized carbons (Fsp3) is 0.105. The molecule has 0 fully saturated rings. The van der Waals surface area contributed by atoms with E-state index >= 15 is 0 Å². The Morgan fingerprint density at radius 2 is 2.04 bits per heavy atom. The molecule has 0 aliphatic carbocycles. The summed E-state index contributed by atoms with van der Waals surface area (Å²) in [4.78, 5) is 14.2. The summed E-state index contributed by atoms with van der Waals surface area (Å²) in [5.74, 6) is 0.226. The number of fused-ring (bicyclic) bond motifs is 3. The number of ether oxygens (including phenoxy) is 1. The van der Waals surface area contributed by atoms with Crippen LogP contribution in [0.4, 0.5) is 10.1 Å². The van der Waals surface area contributed by atoms with Crippen molar-refractivity contribution >= 4 is 22.9 Å². The van der Waals surface area contributed by atoms with Crippen LogP contribution in [0.25, 0.3) is 10.4 Å². The van der Waals surface area contributed by atoms with Crippen LogP contribution in [-0.2, 0) is 6.61 Å². The average Bonchev–Trinajstić information content (AvgIpc) is 3.03. The zero-order chi connectivity index (χ0) is 16.7. The van der Waals surface area contributed by atoms with E-state index in [2.05, 4.69) is 5.32 Å². The molecule has 0 bridgehead atoms. The second kappa shape index (κ2) is 5.76. The summed E-state index contributed by atoms with van der Waals surface area (Å²) in [6.45, 7) is 2.29. The first kappa shape index (κ1) is 14.9. The average molecular weight is 339 g/mol. The third-order valence-corrected chi connectivity index (χ3v) is 5.20. The van der Waals surface area contributed by atoms with Gasteiger partial charge in [0.2, 0.25) is 0 Å². The molecular formula is C19H14FNO2S. The minimum Gasteiger partial charge on any atom is -0.488 e. The van der Waals surface area contributed by atoms with Crippen molar-refractivity contribution < 1.29 is 13.9 Å². The van der Waals surface area contributed by atoms with Crippen molar-refractivity contribution in [3.63, 3.8) is 0 Å². The Bertz CT molecular complexity index is 948. The smallest absolute Gasteiger partial charge is 0.265 e. The topological polar surface area (TPSA) is 38.3 Å². The summed E-state index contributed by atoms with van der Waals surface area (Å²) < 4.78 is 19.1. The maximum absolute atomic E-state index is 13.4. The highest BCUT2D eigenvalue weighted by molar-refractivity contribution is 7.17. The van der Waals surface area contributed by atoms with Crippen LogP contribution in [0.5, 0.6) is 5.75 Å². The third kappa shape index (κ3) is 2.57. The highest BCUT2D eigenvalue weighted by atomic mass is 32.1. The molecule has 2 aromatic carbocycles. The quantitative estimate of drug-likeness (QED) is 0.713. The van der Waals surface area contributed by atoms with Crippen molar-refractivity contribution in [3.8, 4) is 16.2 Å². The Morgan fingerprint density at radius 1 is 1.21 bits per heavy atom. The third-order valence-electron chi connectivity index (χ3n) is 4.00. The van der Waals surface area contributed by atoms with Gasteiger partial charge >= 0.3 is 0 Å². The normalized spacial score (nSPS) is 12.1. The van der Waals surface area contributed by atoms with Crippen molar-refractivity contribution in [1.29, 1.82) is 0 Å². The zero-order valence-electron chi connectivity index (χ0n) is 12.9. The maximum atomic E-state index is 13.4. The van der Waals surface area contributed by atoms with Gasteiger partial charge in [-0.25, -0.2) is 4.39 Å². The molecule has 5 heteroatoms. The molecule has 0 spiro atoms. The molecule has 24 heavy (non-hydrogen) atoms. The highest BCUT2D eigenvalue weighted by Gasteiger charge is 2.22. The van der Waals surface area contributed by atoms with Crippen LogP contribution in [0, 0.1) is 12.7 Å². The lowest BCUT2D eigenvalue weighted by Crippen LogP contribution is -2.11. The van der Waals surface area contributed by atoms with Gasteiger partial charge in [-0.15, -0.1) is 11.3 Å². The molecule has 2 heterocycles. The number of nitrogens with one attached hydrogen (secondary N) is 1. The second-order valence-corrected chi connectivity index (χ2v) is 6.72. The predicted octanol–water partition coefficient (Wildman–Crippen LogP) is 5.01. The molecule has 0 unspecified atom stereocenters. The van der Waals surface area contributed by atoms with E-state index in [4.69, 9.17) is 4.74 Å². The number of halogens is 1. The number of amides is 1. The van der Waals surface area contributed by atoms with Crippen LogP contribution in [0.2, 0.25) is 0 Å². The summed E-state index contributed by atoms with van der Waals surface area (Å²) in [5.41, 5.74) is 3.31. The molecule has 1 aliphatic rings. The molecular weight excluding hydrogens is 325 g/mol. The number of carbonyl (C=O) groups excluding carboxylic acids is 1. The number of anilines is 1.